The van der Waals surface area contributed by atoms with Crippen molar-refractivity contribution in [2.75, 3.05) is 26.2 Å². The van der Waals surface area contributed by atoms with Gasteiger partial charge >= 0.3 is 11.9 Å². The number of hydrogen-bond acceptors (Lipinski definition) is 10. The standard InChI is InChI=1S/C16H13NO4S.C9H6BrNO2.C7H8O2S/c1-21-16(20)13(10-6-7-22-9-10)8-17-14(18)11-4-2-3-5-12(11)15(17)19;10-5-11-8(12)6-3-1-2-4-7(6)9(11)13;1-9-7(8)4-6-2-3-10-5-6/h2-7,9,13H,8H2,1H3;1-4H,5H2;2-3,5H,4H2,1H3. The molecular formula is C32H27BrN2O8S2. The Morgan fingerprint density at radius 1 is 0.711 bits per heavy atom. The first-order chi connectivity index (χ1) is 21.7. The maximum absolute atomic E-state index is 12.4. The first kappa shape index (κ1) is 33.4. The Bertz CT molecular complexity index is 1640. The van der Waals surface area contributed by atoms with E-state index in [0.717, 1.165) is 16.0 Å². The number of carbonyl (C=O) groups is 6. The molecule has 2 aliphatic rings. The fraction of sp³-hybridized carbons (Fsp3) is 0.188. The van der Waals surface area contributed by atoms with E-state index in [1.807, 2.05) is 27.6 Å². The van der Waals surface area contributed by atoms with E-state index in [2.05, 4.69) is 20.7 Å². The van der Waals surface area contributed by atoms with Crippen molar-refractivity contribution < 1.29 is 38.2 Å². The molecule has 232 valence electrons. The molecule has 45 heavy (non-hydrogen) atoms. The third kappa shape index (κ3) is 7.62. The van der Waals surface area contributed by atoms with Gasteiger partial charge in [0.05, 0.1) is 48.3 Å². The summed E-state index contributed by atoms with van der Waals surface area (Å²) in [5.74, 6) is -2.50. The predicted octanol–water partition coefficient (Wildman–Crippen LogP) is 5.40. The van der Waals surface area contributed by atoms with Crippen molar-refractivity contribution in [2.24, 2.45) is 0 Å². The lowest BCUT2D eigenvalue weighted by atomic mass is 10.0. The van der Waals surface area contributed by atoms with Gasteiger partial charge in [0.2, 0.25) is 0 Å². The molecule has 1 unspecified atom stereocenters. The summed E-state index contributed by atoms with van der Waals surface area (Å²) >= 11 is 6.13. The van der Waals surface area contributed by atoms with Crippen LogP contribution in [0.3, 0.4) is 0 Å². The molecule has 6 rings (SSSR count). The van der Waals surface area contributed by atoms with Gasteiger partial charge in [-0.2, -0.15) is 22.7 Å². The van der Waals surface area contributed by atoms with Gasteiger partial charge in [0, 0.05) is 6.54 Å². The minimum Gasteiger partial charge on any atom is -0.469 e. The summed E-state index contributed by atoms with van der Waals surface area (Å²) in [5, 5.41) is 7.54. The first-order valence-corrected chi connectivity index (χ1v) is 16.4. The summed E-state index contributed by atoms with van der Waals surface area (Å²) in [4.78, 5) is 72.7. The highest BCUT2D eigenvalue weighted by molar-refractivity contribution is 9.09. The number of fused-ring (bicyclic) bond motifs is 2. The molecule has 2 aliphatic heterocycles. The Hall–Kier alpha value is -4.46. The molecule has 0 N–H and O–H groups in total. The van der Waals surface area contributed by atoms with E-state index in [-0.39, 0.29) is 41.6 Å². The molecule has 4 aromatic rings. The number of carbonyl (C=O) groups excluding carboxylic acids is 6. The van der Waals surface area contributed by atoms with Gasteiger partial charge in [-0.15, -0.1) is 0 Å². The third-order valence-corrected chi connectivity index (χ3v) is 8.76. The number of methoxy groups -OCH3 is 2. The van der Waals surface area contributed by atoms with Crippen molar-refractivity contribution in [3.63, 3.8) is 0 Å². The Kier molecular flexibility index (Phi) is 11.5. The van der Waals surface area contributed by atoms with Gasteiger partial charge in [-0.3, -0.25) is 38.6 Å². The number of ether oxygens (including phenoxy) is 2. The molecule has 0 fully saturated rings. The van der Waals surface area contributed by atoms with E-state index in [9.17, 15) is 28.8 Å². The molecule has 10 nitrogen and oxygen atoms in total. The number of rotatable bonds is 7. The molecule has 13 heteroatoms. The van der Waals surface area contributed by atoms with Crippen molar-refractivity contribution in [3.05, 3.63) is 116 Å². The largest absolute Gasteiger partial charge is 0.469 e. The van der Waals surface area contributed by atoms with Crippen molar-refractivity contribution in [1.82, 2.24) is 9.80 Å². The van der Waals surface area contributed by atoms with Crippen LogP contribution in [-0.4, -0.2) is 71.6 Å². The molecule has 0 saturated heterocycles. The smallest absolute Gasteiger partial charge is 0.315 e. The SMILES string of the molecule is COC(=O)C(CN1C(=O)c2ccccc2C1=O)c1ccsc1.COC(=O)Cc1ccsc1.O=C1c2ccccc2C(=O)N1CBr. The molecule has 4 amide bonds. The zero-order valence-electron chi connectivity index (χ0n) is 24.1. The second kappa shape index (κ2) is 15.5. The van der Waals surface area contributed by atoms with Crippen molar-refractivity contribution in [2.45, 2.75) is 12.3 Å². The van der Waals surface area contributed by atoms with Crippen molar-refractivity contribution >= 4 is 74.2 Å². The average molecular weight is 712 g/mol. The zero-order valence-corrected chi connectivity index (χ0v) is 27.4. The van der Waals surface area contributed by atoms with Gasteiger partial charge < -0.3 is 9.47 Å². The minimum absolute atomic E-state index is 0.0181. The van der Waals surface area contributed by atoms with E-state index in [1.165, 1.54) is 30.5 Å². The number of thiophene rings is 2. The molecule has 0 spiro atoms. The number of halogens is 1. The molecule has 0 aliphatic carbocycles. The van der Waals surface area contributed by atoms with Crippen LogP contribution in [0, 0.1) is 0 Å². The number of amides is 4. The fourth-order valence-electron chi connectivity index (χ4n) is 4.50. The highest BCUT2D eigenvalue weighted by Gasteiger charge is 2.38. The van der Waals surface area contributed by atoms with E-state index >= 15 is 0 Å². The molecule has 2 aromatic heterocycles. The topological polar surface area (TPSA) is 127 Å². The summed E-state index contributed by atoms with van der Waals surface area (Å²) in [6, 6.07) is 17.2. The number of benzene rings is 2. The lowest BCUT2D eigenvalue weighted by molar-refractivity contribution is -0.142. The molecule has 0 radical (unpaired) electrons. The molecule has 1 atom stereocenters. The van der Waals surface area contributed by atoms with Crippen LogP contribution in [-0.2, 0) is 25.5 Å². The number of esters is 2. The van der Waals surface area contributed by atoms with E-state index < -0.39 is 11.9 Å². The van der Waals surface area contributed by atoms with Gasteiger partial charge in [-0.05, 0) is 69.0 Å². The van der Waals surface area contributed by atoms with Gasteiger partial charge in [0.1, 0.15) is 5.92 Å². The molecule has 0 bridgehead atoms. The average Bonchev–Trinajstić information content (AvgIpc) is 3.87. The van der Waals surface area contributed by atoms with Crippen LogP contribution in [0.4, 0.5) is 0 Å². The number of imide groups is 2. The monoisotopic (exact) mass is 710 g/mol. The summed E-state index contributed by atoms with van der Waals surface area (Å²) in [5.41, 5.74) is 3.76. The number of hydrogen-bond donors (Lipinski definition) is 0. The number of alkyl halides is 1. The quantitative estimate of drug-likeness (QED) is 0.108. The number of nitrogens with zero attached hydrogens (tertiary/aromatic N) is 2. The Labute approximate surface area is 275 Å². The second-order valence-electron chi connectivity index (χ2n) is 9.49. The van der Waals surface area contributed by atoms with Gasteiger partial charge in [0.25, 0.3) is 23.6 Å². The maximum atomic E-state index is 12.4. The minimum atomic E-state index is -0.668. The van der Waals surface area contributed by atoms with Crippen LogP contribution in [0.15, 0.2) is 82.2 Å². The van der Waals surface area contributed by atoms with Crippen LogP contribution in [0.2, 0.25) is 0 Å². The summed E-state index contributed by atoms with van der Waals surface area (Å²) < 4.78 is 9.30. The summed E-state index contributed by atoms with van der Waals surface area (Å²) in [7, 11) is 2.69. The normalized spacial score (nSPS) is 13.7. The lowest BCUT2D eigenvalue weighted by Gasteiger charge is -2.20. The van der Waals surface area contributed by atoms with Crippen LogP contribution in [0.25, 0.3) is 0 Å². The Balaban J connectivity index is 0.000000170. The van der Waals surface area contributed by atoms with E-state index in [1.54, 1.807) is 65.9 Å². The van der Waals surface area contributed by atoms with Crippen molar-refractivity contribution in [1.29, 1.82) is 0 Å². The van der Waals surface area contributed by atoms with E-state index in [0.29, 0.717) is 28.7 Å². The predicted molar refractivity (Wildman–Crippen MR) is 172 cm³/mol. The van der Waals surface area contributed by atoms with Crippen LogP contribution >= 0.6 is 38.6 Å². The summed E-state index contributed by atoms with van der Waals surface area (Å²) in [6.45, 7) is -0.0181. The molecule has 2 aromatic carbocycles. The fourth-order valence-corrected chi connectivity index (χ4v) is 6.34. The Morgan fingerprint density at radius 3 is 1.60 bits per heavy atom. The van der Waals surface area contributed by atoms with Crippen LogP contribution in [0.1, 0.15) is 58.5 Å². The Morgan fingerprint density at radius 2 is 1.20 bits per heavy atom. The van der Waals surface area contributed by atoms with Crippen LogP contribution < -0.4 is 0 Å². The maximum Gasteiger partial charge on any atom is 0.315 e. The molecular weight excluding hydrogens is 684 g/mol. The van der Waals surface area contributed by atoms with Gasteiger partial charge in [-0.25, -0.2) is 0 Å². The first-order valence-electron chi connectivity index (χ1n) is 13.4. The van der Waals surface area contributed by atoms with Gasteiger partial charge in [-0.1, -0.05) is 40.2 Å². The van der Waals surface area contributed by atoms with Crippen LogP contribution in [0.5, 0.6) is 0 Å². The van der Waals surface area contributed by atoms with Gasteiger partial charge in [0.15, 0.2) is 0 Å². The second-order valence-corrected chi connectivity index (χ2v) is 11.5. The molecule has 0 saturated carbocycles. The van der Waals surface area contributed by atoms with Crippen molar-refractivity contribution in [3.8, 4) is 0 Å². The summed E-state index contributed by atoms with van der Waals surface area (Å²) in [6.07, 6.45) is 0.389. The van der Waals surface area contributed by atoms with E-state index in [4.69, 9.17) is 4.74 Å². The molecule has 4 heterocycles. The highest BCUT2D eigenvalue weighted by atomic mass is 79.9. The zero-order chi connectivity index (χ0) is 32.5. The highest BCUT2D eigenvalue weighted by Crippen LogP contribution is 2.28. The third-order valence-electron chi connectivity index (χ3n) is 6.83. The lowest BCUT2D eigenvalue weighted by Crippen LogP contribution is -2.36.